The summed E-state index contributed by atoms with van der Waals surface area (Å²) in [7, 11) is 0. The minimum Gasteiger partial charge on any atom is -0.494 e. The molecule has 27 heteroatoms. The molecule has 4 bridgehead atoms. The van der Waals surface area contributed by atoms with Gasteiger partial charge in [0.05, 0.1) is 25.1 Å². The maximum Gasteiger partial charge on any atom is 0.252 e. The van der Waals surface area contributed by atoms with Gasteiger partial charge in [-0.3, -0.25) is 68.1 Å². The summed E-state index contributed by atoms with van der Waals surface area (Å²) < 4.78 is 5.51. The van der Waals surface area contributed by atoms with E-state index in [9.17, 15) is 43.2 Å². The summed E-state index contributed by atoms with van der Waals surface area (Å²) in [5, 5.41) is 13.2. The van der Waals surface area contributed by atoms with Crippen LogP contribution in [-0.4, -0.2) is 155 Å². The summed E-state index contributed by atoms with van der Waals surface area (Å²) in [6, 6.07) is 7.53. The molecule has 4 saturated carbocycles. The Hall–Kier alpha value is -8.20. The zero-order chi connectivity index (χ0) is 65.3. The molecule has 1 heterocycles. The number of ether oxygens (including phenoxy) is 1. The minimum absolute atomic E-state index is 0.0196. The molecule has 19 N–H and O–H groups in total. The number of nitrogens with two attached hydrogens (primary N) is 7. The van der Waals surface area contributed by atoms with Crippen molar-refractivity contribution in [2.75, 3.05) is 26.2 Å². The van der Waals surface area contributed by atoms with E-state index >= 15 is 4.79 Å². The molecule has 10 amide bonds. The van der Waals surface area contributed by atoms with Crippen LogP contribution in [-0.2, 0) is 60.8 Å². The number of carbonyl (C=O) groups is 10. The van der Waals surface area contributed by atoms with Gasteiger partial charge in [0.15, 0.2) is 11.9 Å². The van der Waals surface area contributed by atoms with E-state index in [0.717, 1.165) is 29.7 Å². The van der Waals surface area contributed by atoms with Gasteiger partial charge in [0, 0.05) is 38.4 Å². The molecule has 0 radical (unpaired) electrons. The fourth-order valence-corrected chi connectivity index (χ4v) is 14.0. The largest absolute Gasteiger partial charge is 0.494 e. The Bertz CT molecular complexity index is 2890. The van der Waals surface area contributed by atoms with Crippen molar-refractivity contribution in [3.05, 3.63) is 65.7 Å². The zero-order valence-electron chi connectivity index (χ0n) is 52.0. The quantitative estimate of drug-likeness (QED) is 0.0249. The second-order valence-electron chi connectivity index (χ2n) is 24.8. The van der Waals surface area contributed by atoms with E-state index in [0.29, 0.717) is 56.4 Å². The van der Waals surface area contributed by atoms with E-state index in [4.69, 9.17) is 44.9 Å². The monoisotopic (exact) mass is 1240 g/mol. The molecule has 2 aromatic carbocycles. The number of guanidine groups is 2. The number of likely N-dealkylation sites (tertiary alicyclic amines) is 1. The molecule has 1 unspecified atom stereocenters. The highest BCUT2D eigenvalue weighted by molar-refractivity contribution is 6.06. The lowest BCUT2D eigenvalue weighted by atomic mass is 9.43. The van der Waals surface area contributed by atoms with Gasteiger partial charge in [-0.15, -0.1) is 0 Å². The molecule has 8 atom stereocenters. The molecule has 2 aromatic rings. The highest BCUT2D eigenvalue weighted by Gasteiger charge is 2.67. The predicted molar refractivity (Wildman–Crippen MR) is 333 cm³/mol. The highest BCUT2D eigenvalue weighted by Crippen LogP contribution is 2.65. The average Bonchev–Trinajstić information content (AvgIpc) is 0.763. The Kier molecular flexibility index (Phi) is 25.0. The standard InChI is InChI=1S/C62H94N16O11/c1-6-43(63)56(86)77-25-12-17-48(77)54(84)72-45(16-11-23-70-59(67)68)57(87)78(36(5)79)62(58(66)88,61-32-39-26-40(33-61)28-41(27-39)34-61)22-13-24-71-60(69)76-53(83)47(31-49(65)80)74-55(85)50(35(3)4)75-52(82)46(30-37-14-9-8-10-15-37)73-51(81)44(64)29-38-18-20-42(21-19-38)89-7-2/h8-10,14-15,18-21,35,39-41,43-48,50H,6-7,11-13,16-17,22-34,63-64H2,1-5H3,(H2,65,80)(H2,66,88)(H,72,84)(H,73,81)(H,74,85)(H,75,82)(H4,67,68,70)(H3,69,71,76,83)/t39?,40?,41?,43?,44-,45+,46-,47-,48-,50-,61?,62-/m0/s1. The summed E-state index contributed by atoms with van der Waals surface area (Å²) >= 11 is 0. The molecule has 89 heavy (non-hydrogen) atoms. The van der Waals surface area contributed by atoms with Crippen molar-refractivity contribution in [2.45, 2.75) is 185 Å². The van der Waals surface area contributed by atoms with Crippen LogP contribution in [0.4, 0.5) is 0 Å². The zero-order valence-corrected chi connectivity index (χ0v) is 52.0. The maximum absolute atomic E-state index is 15.5. The van der Waals surface area contributed by atoms with Crippen molar-refractivity contribution in [2.24, 2.45) is 79.2 Å². The van der Waals surface area contributed by atoms with Gasteiger partial charge in [-0.25, -0.2) is 0 Å². The smallest absolute Gasteiger partial charge is 0.252 e. The highest BCUT2D eigenvalue weighted by atomic mass is 16.5. The number of imide groups is 1. The first-order valence-electron chi connectivity index (χ1n) is 31.1. The molecule has 488 valence electrons. The lowest BCUT2D eigenvalue weighted by molar-refractivity contribution is -0.186. The molecular formula is C62H94N16O11. The van der Waals surface area contributed by atoms with Gasteiger partial charge in [-0.05, 0) is 144 Å². The third-order valence-electron chi connectivity index (χ3n) is 17.9. The van der Waals surface area contributed by atoms with Crippen LogP contribution in [0.1, 0.15) is 136 Å². The Morgan fingerprint density at radius 2 is 1.31 bits per heavy atom. The molecule has 5 fully saturated rings. The summed E-state index contributed by atoms with van der Waals surface area (Å²) in [4.78, 5) is 152. The molecule has 5 aliphatic rings. The van der Waals surface area contributed by atoms with Crippen molar-refractivity contribution in [1.82, 2.24) is 36.4 Å². The van der Waals surface area contributed by atoms with Crippen LogP contribution in [0.2, 0.25) is 0 Å². The van der Waals surface area contributed by atoms with Gasteiger partial charge >= 0.3 is 0 Å². The molecule has 27 nitrogen and oxygen atoms in total. The van der Waals surface area contributed by atoms with E-state index in [1.807, 2.05) is 6.92 Å². The van der Waals surface area contributed by atoms with Crippen molar-refractivity contribution >= 4 is 71.0 Å². The fraction of sp³-hybridized carbons (Fsp3) is 0.613. The number of hydrogen-bond acceptors (Lipinski definition) is 15. The van der Waals surface area contributed by atoms with E-state index in [2.05, 4.69) is 36.6 Å². The number of benzene rings is 2. The normalized spacial score (nSPS) is 22.0. The third kappa shape index (κ3) is 18.0. The van der Waals surface area contributed by atoms with Crippen LogP contribution in [0.15, 0.2) is 64.6 Å². The number of carbonyl (C=O) groups excluding carboxylic acids is 10. The van der Waals surface area contributed by atoms with Crippen LogP contribution >= 0.6 is 0 Å². The molecular weight excluding hydrogens is 1140 g/mol. The van der Waals surface area contributed by atoms with Gasteiger partial charge in [0.1, 0.15) is 41.5 Å². The lowest BCUT2D eigenvalue weighted by Crippen LogP contribution is -2.74. The summed E-state index contributed by atoms with van der Waals surface area (Å²) in [6.45, 7) is 8.70. The van der Waals surface area contributed by atoms with Crippen molar-refractivity contribution < 1.29 is 52.7 Å². The van der Waals surface area contributed by atoms with E-state index in [1.54, 1.807) is 75.4 Å². The summed E-state index contributed by atoms with van der Waals surface area (Å²) in [5.41, 5.74) is 40.8. The van der Waals surface area contributed by atoms with Crippen LogP contribution in [0.5, 0.6) is 5.75 Å². The number of rotatable bonds is 32. The molecule has 0 spiro atoms. The number of primary amides is 2. The summed E-state index contributed by atoms with van der Waals surface area (Å²) in [6.07, 6.45) is 4.75. The van der Waals surface area contributed by atoms with Gasteiger partial charge in [-0.2, -0.15) is 0 Å². The molecule has 7 rings (SSSR count). The van der Waals surface area contributed by atoms with Gasteiger partial charge in [0.25, 0.3) is 5.91 Å². The Morgan fingerprint density at radius 3 is 1.88 bits per heavy atom. The number of nitrogens with zero attached hydrogens (tertiary/aromatic N) is 4. The van der Waals surface area contributed by atoms with Crippen molar-refractivity contribution in [3.63, 3.8) is 0 Å². The van der Waals surface area contributed by atoms with Crippen LogP contribution in [0.3, 0.4) is 0 Å². The second-order valence-corrected chi connectivity index (χ2v) is 24.8. The van der Waals surface area contributed by atoms with E-state index in [1.165, 1.54) is 11.8 Å². The molecule has 1 aliphatic heterocycles. The molecule has 4 aliphatic carbocycles. The Labute approximate surface area is 520 Å². The maximum atomic E-state index is 15.5. The van der Waals surface area contributed by atoms with Crippen LogP contribution in [0, 0.1) is 29.1 Å². The van der Waals surface area contributed by atoms with E-state index in [-0.39, 0.29) is 81.9 Å². The van der Waals surface area contributed by atoms with Crippen molar-refractivity contribution in [1.29, 1.82) is 0 Å². The Morgan fingerprint density at radius 1 is 0.708 bits per heavy atom. The number of aliphatic imine (C=N–C) groups is 2. The van der Waals surface area contributed by atoms with E-state index < -0.39 is 131 Å². The Balaban J connectivity index is 1.20. The van der Waals surface area contributed by atoms with Crippen LogP contribution in [0.25, 0.3) is 0 Å². The van der Waals surface area contributed by atoms with Crippen LogP contribution < -0.4 is 71.5 Å². The predicted octanol–water partition coefficient (Wildman–Crippen LogP) is -0.523. The number of hydrogen-bond donors (Lipinski definition) is 12. The molecule has 0 aromatic heterocycles. The third-order valence-corrected chi connectivity index (χ3v) is 17.9. The first kappa shape index (κ1) is 69.9. The van der Waals surface area contributed by atoms with Gasteiger partial charge < -0.3 is 71.0 Å². The SMILES string of the molecule is CCOc1ccc(C[C@H](N)C(=O)N[C@@H](Cc2ccccc2)C(=O)N[C@H](C(=O)N[C@@H](CC(N)=O)C(=O)NC(N)=NCCC[C@@](C(N)=O)(N(C(C)=O)C(=O)[C@@H](CCCN=C(N)N)NC(=O)[C@@H]2CCCN2C(=O)C(N)CC)C23CC4CC(CC(C4)C2)C3)C(C)C)cc1. The number of nitrogens with one attached hydrogen (secondary N) is 5. The summed E-state index contributed by atoms with van der Waals surface area (Å²) in [5.74, 6) is -7.86. The molecule has 1 saturated heterocycles. The first-order chi connectivity index (χ1) is 42.2. The lowest BCUT2D eigenvalue weighted by Gasteiger charge is -2.64. The van der Waals surface area contributed by atoms with Gasteiger partial charge in [-0.1, -0.05) is 63.2 Å². The van der Waals surface area contributed by atoms with Crippen molar-refractivity contribution in [3.8, 4) is 5.75 Å². The number of amides is 10. The first-order valence-corrected chi connectivity index (χ1v) is 31.1. The fourth-order valence-electron chi connectivity index (χ4n) is 14.0. The second kappa shape index (κ2) is 31.8. The average molecular weight is 1240 g/mol. The minimum atomic E-state index is -1.96. The van der Waals surface area contributed by atoms with Gasteiger partial charge in [0.2, 0.25) is 53.2 Å². The topological polar surface area (TPSA) is 453 Å².